The largest absolute Gasteiger partial charge is 0.396 e. The maximum atomic E-state index is 5.74. The molecule has 0 bridgehead atoms. The second-order valence-corrected chi connectivity index (χ2v) is 3.46. The highest BCUT2D eigenvalue weighted by Crippen LogP contribution is 2.16. The molecular weight excluding hydrogens is 178 g/mol. The fourth-order valence-corrected chi connectivity index (χ4v) is 1.58. The third kappa shape index (κ3) is 2.14. The Morgan fingerprint density at radius 1 is 1.64 bits per heavy atom. The topological polar surface area (TPSA) is 60.2 Å². The second-order valence-electron chi connectivity index (χ2n) is 3.46. The van der Waals surface area contributed by atoms with Crippen molar-refractivity contribution in [3.63, 3.8) is 0 Å². The number of pyridine rings is 1. The molecule has 0 amide bonds. The lowest BCUT2D eigenvalue weighted by molar-refractivity contribution is 0.120. The lowest BCUT2D eigenvalue weighted by atomic mass is 10.2. The van der Waals surface area contributed by atoms with Crippen molar-refractivity contribution >= 4 is 11.5 Å². The van der Waals surface area contributed by atoms with Crippen LogP contribution >= 0.6 is 0 Å². The van der Waals surface area contributed by atoms with Gasteiger partial charge in [-0.25, -0.2) is 4.98 Å². The first-order valence-corrected chi connectivity index (χ1v) is 4.92. The number of hydrogen-bond donors (Lipinski definition) is 2. The summed E-state index contributed by atoms with van der Waals surface area (Å²) in [5, 5.41) is 3.19. The molecule has 0 aliphatic carbocycles. The van der Waals surface area contributed by atoms with Gasteiger partial charge in [0.15, 0.2) is 0 Å². The summed E-state index contributed by atoms with van der Waals surface area (Å²) in [6.45, 7) is 1.67. The highest BCUT2D eigenvalue weighted by atomic mass is 16.5. The van der Waals surface area contributed by atoms with Gasteiger partial charge in [-0.3, -0.25) is 0 Å². The predicted molar refractivity (Wildman–Crippen MR) is 56.1 cm³/mol. The fraction of sp³-hybridized carbons (Fsp3) is 0.500. The summed E-state index contributed by atoms with van der Waals surface area (Å²) in [4.78, 5) is 4.15. The Bertz CT molecular complexity index is 297. The summed E-state index contributed by atoms with van der Waals surface area (Å²) in [7, 11) is 0. The van der Waals surface area contributed by atoms with E-state index < -0.39 is 0 Å². The second kappa shape index (κ2) is 4.28. The van der Waals surface area contributed by atoms with Gasteiger partial charge in [0.25, 0.3) is 0 Å². The van der Waals surface area contributed by atoms with E-state index in [2.05, 4.69) is 10.3 Å². The summed E-state index contributed by atoms with van der Waals surface area (Å²) < 4.78 is 5.48. The van der Waals surface area contributed by atoms with Crippen LogP contribution in [0.25, 0.3) is 0 Å². The summed E-state index contributed by atoms with van der Waals surface area (Å²) >= 11 is 0. The van der Waals surface area contributed by atoms with Crippen molar-refractivity contribution in [2.45, 2.75) is 18.9 Å². The number of nitrogen functional groups attached to an aromatic ring is 1. The molecular formula is C10H15N3O. The number of nitrogens with two attached hydrogens (primary N) is 1. The van der Waals surface area contributed by atoms with Gasteiger partial charge in [-0.2, -0.15) is 0 Å². The SMILES string of the molecule is Nc1cccnc1NCC1CCCO1. The number of nitrogens with one attached hydrogen (secondary N) is 1. The average molecular weight is 193 g/mol. The summed E-state index contributed by atoms with van der Waals surface area (Å²) in [6, 6.07) is 3.66. The van der Waals surface area contributed by atoms with E-state index in [-0.39, 0.29) is 0 Å². The molecule has 14 heavy (non-hydrogen) atoms. The van der Waals surface area contributed by atoms with E-state index in [9.17, 15) is 0 Å². The minimum Gasteiger partial charge on any atom is -0.396 e. The van der Waals surface area contributed by atoms with Gasteiger partial charge in [0.05, 0.1) is 11.8 Å². The Kier molecular flexibility index (Phi) is 2.84. The van der Waals surface area contributed by atoms with E-state index in [0.29, 0.717) is 11.8 Å². The van der Waals surface area contributed by atoms with Gasteiger partial charge in [-0.05, 0) is 25.0 Å². The minimum atomic E-state index is 0.316. The number of nitrogens with zero attached hydrogens (tertiary/aromatic N) is 1. The fourth-order valence-electron chi connectivity index (χ4n) is 1.58. The standard InChI is InChI=1S/C10H15N3O/c11-9-4-1-5-12-10(9)13-7-8-3-2-6-14-8/h1,4-5,8H,2-3,6-7,11H2,(H,12,13). The van der Waals surface area contributed by atoms with Crippen LogP contribution in [-0.4, -0.2) is 24.2 Å². The summed E-state index contributed by atoms with van der Waals surface area (Å²) in [5.41, 5.74) is 6.43. The molecule has 2 rings (SSSR count). The molecule has 1 unspecified atom stereocenters. The number of hydrogen-bond acceptors (Lipinski definition) is 4. The van der Waals surface area contributed by atoms with Gasteiger partial charge in [-0.1, -0.05) is 0 Å². The predicted octanol–water partition coefficient (Wildman–Crippen LogP) is 1.25. The molecule has 4 heteroatoms. The van der Waals surface area contributed by atoms with Crippen LogP contribution in [0.5, 0.6) is 0 Å². The van der Waals surface area contributed by atoms with Gasteiger partial charge in [0, 0.05) is 19.3 Å². The van der Waals surface area contributed by atoms with E-state index in [1.807, 2.05) is 12.1 Å². The van der Waals surface area contributed by atoms with Crippen molar-refractivity contribution in [3.05, 3.63) is 18.3 Å². The molecule has 1 saturated heterocycles. The van der Waals surface area contributed by atoms with Gasteiger partial charge < -0.3 is 15.8 Å². The Labute approximate surface area is 83.5 Å². The molecule has 0 saturated carbocycles. The van der Waals surface area contributed by atoms with Crippen LogP contribution in [0.1, 0.15) is 12.8 Å². The van der Waals surface area contributed by atoms with Crippen LogP contribution in [0, 0.1) is 0 Å². The lowest BCUT2D eigenvalue weighted by Crippen LogP contribution is -2.19. The first kappa shape index (κ1) is 9.27. The third-order valence-electron chi connectivity index (χ3n) is 2.36. The first-order chi connectivity index (χ1) is 6.86. The normalized spacial score (nSPS) is 21.0. The zero-order chi connectivity index (χ0) is 9.80. The van der Waals surface area contributed by atoms with Gasteiger partial charge in [-0.15, -0.1) is 0 Å². The molecule has 4 nitrogen and oxygen atoms in total. The number of aromatic nitrogens is 1. The molecule has 1 atom stereocenters. The minimum absolute atomic E-state index is 0.316. The number of rotatable bonds is 3. The molecule has 1 fully saturated rings. The molecule has 1 aromatic rings. The average Bonchev–Trinajstić information content (AvgIpc) is 2.69. The Morgan fingerprint density at radius 2 is 2.57 bits per heavy atom. The van der Waals surface area contributed by atoms with E-state index in [0.717, 1.165) is 31.8 Å². The van der Waals surface area contributed by atoms with Crippen molar-refractivity contribution in [3.8, 4) is 0 Å². The number of anilines is 2. The molecule has 1 aromatic heterocycles. The zero-order valence-electron chi connectivity index (χ0n) is 8.07. The molecule has 76 valence electrons. The molecule has 1 aliphatic heterocycles. The zero-order valence-corrected chi connectivity index (χ0v) is 8.07. The van der Waals surface area contributed by atoms with Gasteiger partial charge in [0.1, 0.15) is 5.82 Å². The van der Waals surface area contributed by atoms with Crippen LogP contribution < -0.4 is 11.1 Å². The van der Waals surface area contributed by atoms with Crippen molar-refractivity contribution < 1.29 is 4.74 Å². The summed E-state index contributed by atoms with van der Waals surface area (Å²) in [6.07, 6.45) is 4.33. The first-order valence-electron chi connectivity index (χ1n) is 4.92. The molecule has 1 aliphatic rings. The van der Waals surface area contributed by atoms with E-state index in [1.165, 1.54) is 0 Å². The number of ether oxygens (including phenoxy) is 1. The van der Waals surface area contributed by atoms with Gasteiger partial charge in [0.2, 0.25) is 0 Å². The van der Waals surface area contributed by atoms with Crippen LogP contribution in [0.3, 0.4) is 0 Å². The van der Waals surface area contributed by atoms with Crippen molar-refractivity contribution in [2.75, 3.05) is 24.2 Å². The highest BCUT2D eigenvalue weighted by molar-refractivity contribution is 5.60. The smallest absolute Gasteiger partial charge is 0.149 e. The molecule has 0 radical (unpaired) electrons. The Hall–Kier alpha value is -1.29. The van der Waals surface area contributed by atoms with Crippen LogP contribution in [0.2, 0.25) is 0 Å². The van der Waals surface area contributed by atoms with Gasteiger partial charge >= 0.3 is 0 Å². The van der Waals surface area contributed by atoms with Crippen molar-refractivity contribution in [2.24, 2.45) is 0 Å². The van der Waals surface area contributed by atoms with Crippen molar-refractivity contribution in [1.29, 1.82) is 0 Å². The quantitative estimate of drug-likeness (QED) is 0.758. The van der Waals surface area contributed by atoms with Crippen LogP contribution in [0.15, 0.2) is 18.3 Å². The molecule has 0 spiro atoms. The van der Waals surface area contributed by atoms with Crippen LogP contribution in [-0.2, 0) is 4.74 Å². The lowest BCUT2D eigenvalue weighted by Gasteiger charge is -2.12. The maximum absolute atomic E-state index is 5.74. The monoisotopic (exact) mass is 193 g/mol. The van der Waals surface area contributed by atoms with E-state index in [4.69, 9.17) is 10.5 Å². The third-order valence-corrected chi connectivity index (χ3v) is 2.36. The molecule has 0 aromatic carbocycles. The highest BCUT2D eigenvalue weighted by Gasteiger charge is 2.15. The van der Waals surface area contributed by atoms with Crippen molar-refractivity contribution in [1.82, 2.24) is 4.98 Å². The van der Waals surface area contributed by atoms with E-state index >= 15 is 0 Å². The molecule has 3 N–H and O–H groups in total. The molecule has 2 heterocycles. The van der Waals surface area contributed by atoms with Crippen LogP contribution in [0.4, 0.5) is 11.5 Å². The Morgan fingerprint density at radius 3 is 3.29 bits per heavy atom. The maximum Gasteiger partial charge on any atom is 0.149 e. The summed E-state index contributed by atoms with van der Waals surface area (Å²) in [5.74, 6) is 0.753. The Balaban J connectivity index is 1.88. The van der Waals surface area contributed by atoms with E-state index in [1.54, 1.807) is 6.20 Å².